The van der Waals surface area contributed by atoms with Gasteiger partial charge in [-0.2, -0.15) is 0 Å². The minimum Gasteiger partial charge on any atom is -0.335 e. The Morgan fingerprint density at radius 3 is 1.83 bits per heavy atom. The van der Waals surface area contributed by atoms with Gasteiger partial charge in [-0.3, -0.25) is 0 Å². The second-order valence-corrected chi connectivity index (χ2v) is 3.08. The molecule has 0 aliphatic rings. The monoisotopic (exact) mass is 251 g/mol. The van der Waals surface area contributed by atoms with E-state index in [2.05, 4.69) is 23.1 Å². The van der Waals surface area contributed by atoms with Crippen molar-refractivity contribution in [2.45, 2.75) is 55.4 Å². The predicted octanol–water partition coefficient (Wildman–Crippen LogP) is 4.66. The Morgan fingerprint density at radius 2 is 1.39 bits per heavy atom. The molecule has 0 fully saturated rings. The van der Waals surface area contributed by atoms with Crippen molar-refractivity contribution in [3.8, 4) is 0 Å². The number of rotatable bonds is 0. The van der Waals surface area contributed by atoms with Crippen molar-refractivity contribution in [3.05, 3.63) is 23.8 Å². The molecule has 18 heavy (non-hydrogen) atoms. The molecule has 0 radical (unpaired) electrons. The lowest BCUT2D eigenvalue weighted by Gasteiger charge is -1.95. The van der Waals surface area contributed by atoms with Crippen LogP contribution in [0.5, 0.6) is 0 Å². The number of nitrogens with zero attached hydrogens (tertiary/aromatic N) is 3. The molecule has 0 N–H and O–H groups in total. The van der Waals surface area contributed by atoms with Crippen molar-refractivity contribution < 1.29 is 0 Å². The summed E-state index contributed by atoms with van der Waals surface area (Å²) < 4.78 is 2.03. The zero-order valence-electron chi connectivity index (χ0n) is 13.5. The van der Waals surface area contributed by atoms with Gasteiger partial charge in [-0.05, 0) is 19.4 Å². The van der Waals surface area contributed by atoms with Crippen molar-refractivity contribution in [1.82, 2.24) is 14.5 Å². The van der Waals surface area contributed by atoms with Crippen LogP contribution in [0, 0.1) is 13.8 Å². The van der Waals surface area contributed by atoms with Crippen molar-refractivity contribution in [3.63, 3.8) is 0 Å². The molecular formula is C15H29N3. The van der Waals surface area contributed by atoms with Gasteiger partial charge in [-0.1, -0.05) is 41.5 Å². The molecule has 2 rings (SSSR count). The fraction of sp³-hybridized carbons (Fsp3) is 0.600. The molecule has 2 heterocycles. The molecule has 3 heteroatoms. The minimum absolute atomic E-state index is 1.01. The lowest BCUT2D eigenvalue weighted by molar-refractivity contribution is 0.938. The summed E-state index contributed by atoms with van der Waals surface area (Å²) in [6, 6.07) is 0. The first kappa shape index (κ1) is 19.0. The fourth-order valence-electron chi connectivity index (χ4n) is 1.61. The fourth-order valence-corrected chi connectivity index (χ4v) is 1.61. The van der Waals surface area contributed by atoms with Gasteiger partial charge in [0.15, 0.2) is 0 Å². The summed E-state index contributed by atoms with van der Waals surface area (Å²) in [5.41, 5.74) is 3.31. The van der Waals surface area contributed by atoms with E-state index in [1.54, 1.807) is 6.33 Å². The Balaban J connectivity index is 0. The van der Waals surface area contributed by atoms with Crippen molar-refractivity contribution in [2.24, 2.45) is 7.05 Å². The Kier molecular flexibility index (Phi) is 11.3. The maximum absolute atomic E-state index is 4.21. The lowest BCUT2D eigenvalue weighted by atomic mass is 10.2. The average Bonchev–Trinajstić information content (AvgIpc) is 2.73. The molecule has 0 aliphatic carbocycles. The minimum atomic E-state index is 1.01. The third-order valence-corrected chi connectivity index (χ3v) is 2.13. The van der Waals surface area contributed by atoms with Gasteiger partial charge < -0.3 is 4.57 Å². The molecule has 0 aromatic carbocycles. The summed E-state index contributed by atoms with van der Waals surface area (Å²) >= 11 is 0. The third-order valence-electron chi connectivity index (χ3n) is 2.13. The van der Waals surface area contributed by atoms with Gasteiger partial charge in [-0.25, -0.2) is 9.97 Å². The van der Waals surface area contributed by atoms with E-state index in [4.69, 9.17) is 0 Å². The first-order valence-corrected chi connectivity index (χ1v) is 6.93. The smallest absolute Gasteiger partial charge is 0.143 e. The summed E-state index contributed by atoms with van der Waals surface area (Å²) in [6.07, 6.45) is 3.68. The van der Waals surface area contributed by atoms with Crippen LogP contribution in [0.4, 0.5) is 0 Å². The van der Waals surface area contributed by atoms with Crippen LogP contribution in [0.25, 0.3) is 11.0 Å². The quantitative estimate of drug-likeness (QED) is 0.681. The van der Waals surface area contributed by atoms with Gasteiger partial charge in [0, 0.05) is 18.6 Å². The predicted molar refractivity (Wildman–Crippen MR) is 82.0 cm³/mol. The van der Waals surface area contributed by atoms with E-state index in [0.29, 0.717) is 0 Å². The summed E-state index contributed by atoms with van der Waals surface area (Å²) in [5, 5.41) is 1.18. The van der Waals surface area contributed by atoms with Crippen LogP contribution in [0.1, 0.15) is 52.8 Å². The van der Waals surface area contributed by atoms with Crippen LogP contribution in [0.2, 0.25) is 0 Å². The number of fused-ring (bicyclic) bond motifs is 1. The third kappa shape index (κ3) is 4.47. The Bertz CT molecular complexity index is 430. The van der Waals surface area contributed by atoms with Gasteiger partial charge in [0.1, 0.15) is 12.0 Å². The molecule has 0 unspecified atom stereocenters. The second kappa shape index (κ2) is 10.8. The average molecular weight is 251 g/mol. The Morgan fingerprint density at radius 1 is 0.889 bits per heavy atom. The molecule has 0 saturated heterocycles. The molecule has 0 amide bonds. The highest BCUT2D eigenvalue weighted by atomic mass is 15.0. The van der Waals surface area contributed by atoms with Crippen LogP contribution in [-0.4, -0.2) is 14.5 Å². The Labute approximate surface area is 112 Å². The van der Waals surface area contributed by atoms with Crippen LogP contribution >= 0.6 is 0 Å². The van der Waals surface area contributed by atoms with E-state index in [0.717, 1.165) is 11.3 Å². The number of hydrogen-bond acceptors (Lipinski definition) is 2. The maximum atomic E-state index is 4.21. The highest BCUT2D eigenvalue weighted by Crippen LogP contribution is 2.19. The highest BCUT2D eigenvalue weighted by molar-refractivity contribution is 5.82. The standard InChI is InChI=1S/C9H11N3.3C2H6/c1-6-4-12(3)9-8(6)7(2)10-5-11-9;3*1-2/h4-5H,1-3H3;3*1-2H3. The van der Waals surface area contributed by atoms with Crippen molar-refractivity contribution >= 4 is 11.0 Å². The first-order valence-electron chi connectivity index (χ1n) is 6.93. The van der Waals surface area contributed by atoms with Crippen LogP contribution in [0.3, 0.4) is 0 Å². The number of aryl methyl sites for hydroxylation is 3. The van der Waals surface area contributed by atoms with Crippen molar-refractivity contribution in [2.75, 3.05) is 0 Å². The highest BCUT2D eigenvalue weighted by Gasteiger charge is 2.06. The molecule has 104 valence electrons. The SMILES string of the molecule is CC.CC.CC.Cc1cn(C)c2ncnc(C)c12. The van der Waals surface area contributed by atoms with Gasteiger partial charge in [-0.15, -0.1) is 0 Å². The lowest BCUT2D eigenvalue weighted by Crippen LogP contribution is -1.90. The van der Waals surface area contributed by atoms with Crippen molar-refractivity contribution in [1.29, 1.82) is 0 Å². The largest absolute Gasteiger partial charge is 0.335 e. The van der Waals surface area contributed by atoms with Gasteiger partial charge in [0.05, 0.1) is 5.69 Å². The van der Waals surface area contributed by atoms with E-state index in [-0.39, 0.29) is 0 Å². The molecule has 0 atom stereocenters. The first-order chi connectivity index (χ1) is 8.70. The van der Waals surface area contributed by atoms with E-state index in [1.807, 2.05) is 60.1 Å². The van der Waals surface area contributed by atoms with Crippen LogP contribution in [-0.2, 0) is 7.05 Å². The molecule has 2 aromatic heterocycles. The van der Waals surface area contributed by atoms with Crippen LogP contribution in [0.15, 0.2) is 12.5 Å². The maximum Gasteiger partial charge on any atom is 0.143 e. The molecule has 0 aliphatic heterocycles. The summed E-state index contributed by atoms with van der Waals surface area (Å²) in [4.78, 5) is 8.37. The molecule has 0 bridgehead atoms. The molecule has 0 saturated carbocycles. The summed E-state index contributed by atoms with van der Waals surface area (Å²) in [6.45, 7) is 16.1. The summed E-state index contributed by atoms with van der Waals surface area (Å²) in [7, 11) is 2.00. The molecule has 2 aromatic rings. The van der Waals surface area contributed by atoms with Gasteiger partial charge in [0.2, 0.25) is 0 Å². The van der Waals surface area contributed by atoms with E-state index in [9.17, 15) is 0 Å². The normalized spacial score (nSPS) is 8.28. The zero-order valence-corrected chi connectivity index (χ0v) is 13.5. The van der Waals surface area contributed by atoms with E-state index >= 15 is 0 Å². The molecule has 3 nitrogen and oxygen atoms in total. The number of aromatic nitrogens is 3. The molecule has 0 spiro atoms. The van der Waals surface area contributed by atoms with Crippen LogP contribution < -0.4 is 0 Å². The second-order valence-electron chi connectivity index (χ2n) is 3.08. The number of hydrogen-bond donors (Lipinski definition) is 0. The van der Waals surface area contributed by atoms with Gasteiger partial charge >= 0.3 is 0 Å². The Hall–Kier alpha value is -1.38. The van der Waals surface area contributed by atoms with E-state index in [1.165, 1.54) is 10.9 Å². The molecular weight excluding hydrogens is 222 g/mol. The van der Waals surface area contributed by atoms with E-state index < -0.39 is 0 Å². The topological polar surface area (TPSA) is 30.7 Å². The van der Waals surface area contributed by atoms with Gasteiger partial charge in [0.25, 0.3) is 0 Å². The zero-order chi connectivity index (χ0) is 14.7. The summed E-state index contributed by atoms with van der Waals surface area (Å²) in [5.74, 6) is 0.